The second-order valence-electron chi connectivity index (χ2n) is 5.59. The van der Waals surface area contributed by atoms with Crippen molar-refractivity contribution in [1.82, 2.24) is 4.90 Å². The summed E-state index contributed by atoms with van der Waals surface area (Å²) >= 11 is 3.54. The van der Waals surface area contributed by atoms with Gasteiger partial charge in [-0.3, -0.25) is 4.79 Å². The van der Waals surface area contributed by atoms with Crippen molar-refractivity contribution < 1.29 is 4.79 Å². The molecule has 3 heteroatoms. The highest BCUT2D eigenvalue weighted by Crippen LogP contribution is 2.26. The standard InChI is InChI=1S/C15H28BrNO/c1-3-4-5-6-7-8-9-15(18)17-11-10-13(2)14(17)12-16/h13-14H,3-12H2,1-2H3. The molecule has 1 rings (SSSR count). The fourth-order valence-corrected chi connectivity index (χ4v) is 3.74. The van der Waals surface area contributed by atoms with E-state index in [2.05, 4.69) is 34.7 Å². The van der Waals surface area contributed by atoms with E-state index in [0.717, 1.165) is 24.7 Å². The highest BCUT2D eigenvalue weighted by Gasteiger charge is 2.32. The molecule has 0 aromatic rings. The van der Waals surface area contributed by atoms with E-state index in [1.165, 1.54) is 38.5 Å². The van der Waals surface area contributed by atoms with Gasteiger partial charge >= 0.3 is 0 Å². The van der Waals surface area contributed by atoms with Crippen molar-refractivity contribution in [3.05, 3.63) is 0 Å². The average molecular weight is 318 g/mol. The van der Waals surface area contributed by atoms with Crippen molar-refractivity contribution in [1.29, 1.82) is 0 Å². The van der Waals surface area contributed by atoms with E-state index in [-0.39, 0.29) is 0 Å². The Morgan fingerprint density at radius 1 is 1.22 bits per heavy atom. The Morgan fingerprint density at radius 3 is 2.56 bits per heavy atom. The lowest BCUT2D eigenvalue weighted by atomic mass is 10.0. The Labute approximate surface area is 121 Å². The van der Waals surface area contributed by atoms with E-state index in [4.69, 9.17) is 0 Å². The Morgan fingerprint density at radius 2 is 1.89 bits per heavy atom. The first-order chi connectivity index (χ1) is 8.70. The average Bonchev–Trinajstić information content (AvgIpc) is 2.74. The maximum absolute atomic E-state index is 12.2. The van der Waals surface area contributed by atoms with Crippen molar-refractivity contribution in [3.63, 3.8) is 0 Å². The van der Waals surface area contributed by atoms with Crippen LogP contribution in [0.25, 0.3) is 0 Å². The minimum absolute atomic E-state index is 0.374. The quantitative estimate of drug-likeness (QED) is 0.481. The van der Waals surface area contributed by atoms with Gasteiger partial charge in [-0.25, -0.2) is 0 Å². The van der Waals surface area contributed by atoms with Crippen LogP contribution in [0.15, 0.2) is 0 Å². The number of hydrogen-bond acceptors (Lipinski definition) is 1. The summed E-state index contributed by atoms with van der Waals surface area (Å²) in [6, 6.07) is 0.428. The highest BCUT2D eigenvalue weighted by molar-refractivity contribution is 9.09. The number of amides is 1. The zero-order valence-corrected chi connectivity index (χ0v) is 13.5. The molecule has 1 heterocycles. The molecular formula is C15H28BrNO. The summed E-state index contributed by atoms with van der Waals surface area (Å²) in [6.45, 7) is 5.45. The van der Waals surface area contributed by atoms with Gasteiger partial charge < -0.3 is 4.90 Å². The summed E-state index contributed by atoms with van der Waals surface area (Å²) in [4.78, 5) is 14.3. The number of nitrogens with zero attached hydrogens (tertiary/aromatic N) is 1. The van der Waals surface area contributed by atoms with Gasteiger partial charge in [0.15, 0.2) is 0 Å². The monoisotopic (exact) mass is 317 g/mol. The number of halogens is 1. The number of likely N-dealkylation sites (tertiary alicyclic amines) is 1. The molecule has 0 aromatic heterocycles. The second-order valence-corrected chi connectivity index (χ2v) is 6.24. The normalized spacial score (nSPS) is 23.6. The molecule has 0 aliphatic carbocycles. The van der Waals surface area contributed by atoms with Crippen molar-refractivity contribution >= 4 is 21.8 Å². The summed E-state index contributed by atoms with van der Waals surface area (Å²) in [5, 5.41) is 0.927. The molecule has 1 saturated heterocycles. The fraction of sp³-hybridized carbons (Fsp3) is 0.933. The molecule has 0 bridgehead atoms. The number of alkyl halides is 1. The lowest BCUT2D eigenvalue weighted by Gasteiger charge is -2.25. The lowest BCUT2D eigenvalue weighted by Crippen LogP contribution is -2.38. The molecule has 1 amide bonds. The third kappa shape index (κ3) is 4.91. The first-order valence-electron chi connectivity index (χ1n) is 7.56. The van der Waals surface area contributed by atoms with Gasteiger partial charge in [-0.1, -0.05) is 61.9 Å². The summed E-state index contributed by atoms with van der Waals surface area (Å²) in [5.41, 5.74) is 0. The summed E-state index contributed by atoms with van der Waals surface area (Å²) in [6.07, 6.45) is 9.45. The summed E-state index contributed by atoms with van der Waals surface area (Å²) in [7, 11) is 0. The topological polar surface area (TPSA) is 20.3 Å². The van der Waals surface area contributed by atoms with Gasteiger partial charge in [0.2, 0.25) is 5.91 Å². The number of carbonyl (C=O) groups is 1. The van der Waals surface area contributed by atoms with Gasteiger partial charge in [0, 0.05) is 24.3 Å². The minimum atomic E-state index is 0.374. The molecule has 106 valence electrons. The SMILES string of the molecule is CCCCCCCCC(=O)N1CCC(C)C1CBr. The van der Waals surface area contributed by atoms with E-state index >= 15 is 0 Å². The molecule has 1 aliphatic rings. The molecule has 0 saturated carbocycles. The third-order valence-electron chi connectivity index (χ3n) is 4.11. The second kappa shape index (κ2) is 8.95. The predicted molar refractivity (Wildman–Crippen MR) is 81.1 cm³/mol. The Hall–Kier alpha value is -0.0500. The van der Waals surface area contributed by atoms with Crippen LogP contribution in [0.5, 0.6) is 0 Å². The van der Waals surface area contributed by atoms with Gasteiger partial charge in [-0.05, 0) is 18.8 Å². The maximum atomic E-state index is 12.2. The van der Waals surface area contributed by atoms with E-state index < -0.39 is 0 Å². The van der Waals surface area contributed by atoms with Crippen LogP contribution in [-0.4, -0.2) is 28.7 Å². The van der Waals surface area contributed by atoms with E-state index in [1.54, 1.807) is 0 Å². The van der Waals surface area contributed by atoms with Crippen LogP contribution in [0.1, 0.15) is 65.2 Å². The van der Waals surface area contributed by atoms with Gasteiger partial charge in [-0.15, -0.1) is 0 Å². The van der Waals surface area contributed by atoms with Crippen LogP contribution in [0.3, 0.4) is 0 Å². The van der Waals surface area contributed by atoms with E-state index in [1.807, 2.05) is 0 Å². The number of unbranched alkanes of at least 4 members (excludes halogenated alkanes) is 5. The number of carbonyl (C=O) groups excluding carboxylic acids is 1. The first-order valence-corrected chi connectivity index (χ1v) is 8.68. The number of rotatable bonds is 8. The first kappa shape index (κ1) is 16.0. The van der Waals surface area contributed by atoms with Crippen molar-refractivity contribution in [2.24, 2.45) is 5.92 Å². The molecule has 1 aliphatic heterocycles. The Kier molecular flexibility index (Phi) is 7.96. The molecule has 0 radical (unpaired) electrons. The molecule has 0 N–H and O–H groups in total. The number of hydrogen-bond donors (Lipinski definition) is 0. The summed E-state index contributed by atoms with van der Waals surface area (Å²) in [5.74, 6) is 1.03. The molecule has 2 nitrogen and oxygen atoms in total. The molecule has 1 fully saturated rings. The Balaban J connectivity index is 2.16. The van der Waals surface area contributed by atoms with Crippen LogP contribution >= 0.6 is 15.9 Å². The van der Waals surface area contributed by atoms with E-state index in [0.29, 0.717) is 17.9 Å². The smallest absolute Gasteiger partial charge is 0.222 e. The molecular weight excluding hydrogens is 290 g/mol. The van der Waals surface area contributed by atoms with Crippen molar-refractivity contribution in [3.8, 4) is 0 Å². The third-order valence-corrected chi connectivity index (χ3v) is 4.77. The largest absolute Gasteiger partial charge is 0.339 e. The van der Waals surface area contributed by atoms with Crippen LogP contribution in [0.2, 0.25) is 0 Å². The van der Waals surface area contributed by atoms with Gasteiger partial charge in [0.25, 0.3) is 0 Å². The van der Waals surface area contributed by atoms with Crippen LogP contribution in [0, 0.1) is 5.92 Å². The maximum Gasteiger partial charge on any atom is 0.222 e. The van der Waals surface area contributed by atoms with Crippen LogP contribution in [-0.2, 0) is 4.79 Å². The van der Waals surface area contributed by atoms with Gasteiger partial charge in [0.05, 0.1) is 0 Å². The lowest BCUT2D eigenvalue weighted by molar-refractivity contribution is -0.132. The predicted octanol–water partition coefficient (Wildman–Crippen LogP) is 4.37. The zero-order chi connectivity index (χ0) is 13.4. The van der Waals surface area contributed by atoms with Crippen LogP contribution in [0.4, 0.5) is 0 Å². The Bertz CT molecular complexity index is 245. The molecule has 0 spiro atoms. The van der Waals surface area contributed by atoms with Crippen molar-refractivity contribution in [2.75, 3.05) is 11.9 Å². The van der Waals surface area contributed by atoms with E-state index in [9.17, 15) is 4.79 Å². The zero-order valence-electron chi connectivity index (χ0n) is 12.0. The fourth-order valence-electron chi connectivity index (χ4n) is 2.75. The molecule has 2 atom stereocenters. The van der Waals surface area contributed by atoms with Gasteiger partial charge in [-0.2, -0.15) is 0 Å². The van der Waals surface area contributed by atoms with Gasteiger partial charge in [0.1, 0.15) is 0 Å². The molecule has 2 unspecified atom stereocenters. The van der Waals surface area contributed by atoms with Crippen LogP contribution < -0.4 is 0 Å². The minimum Gasteiger partial charge on any atom is -0.339 e. The summed E-state index contributed by atoms with van der Waals surface area (Å²) < 4.78 is 0. The van der Waals surface area contributed by atoms with Crippen molar-refractivity contribution in [2.45, 2.75) is 71.3 Å². The highest BCUT2D eigenvalue weighted by atomic mass is 79.9. The molecule has 0 aromatic carbocycles. The molecule has 18 heavy (non-hydrogen) atoms.